The molecule has 0 aliphatic heterocycles. The second kappa shape index (κ2) is 7.54. The third kappa shape index (κ3) is 7.27. The molecular weight excluding hydrogens is 172 g/mol. The summed E-state index contributed by atoms with van der Waals surface area (Å²) in [5, 5.41) is 2.66. The van der Waals surface area contributed by atoms with Crippen LogP contribution in [0.3, 0.4) is 0 Å². The molecule has 5 heteroatoms. The first-order chi connectivity index (χ1) is 6.20. The number of amides is 2. The number of nitrogens with zero attached hydrogens (tertiary/aromatic N) is 1. The van der Waals surface area contributed by atoms with E-state index in [9.17, 15) is 9.59 Å². The molecule has 0 aromatic heterocycles. The number of likely N-dealkylation sites (N-methyl/N-ethyl adjacent to an activating group) is 1. The summed E-state index contributed by atoms with van der Waals surface area (Å²) in [6.45, 7) is 1.32. The number of ether oxygens (including phenoxy) is 1. The van der Waals surface area contributed by atoms with Crippen molar-refractivity contribution in [3.05, 3.63) is 0 Å². The van der Waals surface area contributed by atoms with Gasteiger partial charge in [0.15, 0.2) is 0 Å². The van der Waals surface area contributed by atoms with Crippen LogP contribution in [0.2, 0.25) is 0 Å². The van der Waals surface area contributed by atoms with E-state index >= 15 is 0 Å². The maximum absolute atomic E-state index is 11.0. The van der Waals surface area contributed by atoms with Crippen LogP contribution < -0.4 is 5.32 Å². The van der Waals surface area contributed by atoms with Crippen LogP contribution >= 0.6 is 0 Å². The molecule has 0 fully saturated rings. The first-order valence-corrected chi connectivity index (χ1v) is 4.12. The average Bonchev–Trinajstić information content (AvgIpc) is 2.12. The van der Waals surface area contributed by atoms with Crippen LogP contribution in [-0.2, 0) is 14.3 Å². The summed E-state index contributed by atoms with van der Waals surface area (Å²) < 4.78 is 4.81. The van der Waals surface area contributed by atoms with E-state index < -0.39 is 0 Å². The maximum Gasteiger partial charge on any atom is 0.239 e. The first-order valence-electron chi connectivity index (χ1n) is 4.12. The first kappa shape index (κ1) is 11.9. The highest BCUT2D eigenvalue weighted by Crippen LogP contribution is 1.79. The Morgan fingerprint density at radius 3 is 2.85 bits per heavy atom. The van der Waals surface area contributed by atoms with E-state index in [4.69, 9.17) is 4.74 Å². The van der Waals surface area contributed by atoms with Gasteiger partial charge in [-0.2, -0.15) is 0 Å². The fourth-order valence-corrected chi connectivity index (χ4v) is 0.764. The molecule has 0 radical (unpaired) electrons. The molecule has 76 valence electrons. The van der Waals surface area contributed by atoms with Crippen molar-refractivity contribution in [2.24, 2.45) is 0 Å². The van der Waals surface area contributed by atoms with Crippen LogP contribution in [0.1, 0.15) is 6.42 Å². The van der Waals surface area contributed by atoms with E-state index in [-0.39, 0.29) is 12.5 Å². The molecule has 0 atom stereocenters. The quantitative estimate of drug-likeness (QED) is 0.421. The zero-order valence-corrected chi connectivity index (χ0v) is 8.08. The Morgan fingerprint density at radius 1 is 1.62 bits per heavy atom. The minimum Gasteiger partial charge on any atom is -0.385 e. The lowest BCUT2D eigenvalue weighted by molar-refractivity contribution is -0.127. The molecule has 0 aromatic rings. The smallest absolute Gasteiger partial charge is 0.239 e. The van der Waals surface area contributed by atoms with Crippen LogP contribution in [0.25, 0.3) is 0 Å². The van der Waals surface area contributed by atoms with Gasteiger partial charge in [0.25, 0.3) is 0 Å². The lowest BCUT2D eigenvalue weighted by atomic mass is 10.4. The van der Waals surface area contributed by atoms with E-state index in [0.29, 0.717) is 19.6 Å². The van der Waals surface area contributed by atoms with Crippen molar-refractivity contribution >= 4 is 12.3 Å². The Balaban J connectivity index is 3.35. The van der Waals surface area contributed by atoms with E-state index in [0.717, 1.165) is 6.42 Å². The molecular formula is C8H16N2O3. The van der Waals surface area contributed by atoms with Gasteiger partial charge in [-0.25, -0.2) is 0 Å². The molecule has 0 unspecified atom stereocenters. The number of hydrogen-bond acceptors (Lipinski definition) is 3. The molecule has 1 N–H and O–H groups in total. The average molecular weight is 188 g/mol. The van der Waals surface area contributed by atoms with Crippen molar-refractivity contribution < 1.29 is 14.3 Å². The maximum atomic E-state index is 11.0. The molecule has 2 amide bonds. The Kier molecular flexibility index (Phi) is 6.91. The van der Waals surface area contributed by atoms with Crippen molar-refractivity contribution in [1.29, 1.82) is 0 Å². The van der Waals surface area contributed by atoms with Gasteiger partial charge < -0.3 is 15.0 Å². The number of rotatable bonds is 7. The predicted octanol–water partition coefficient (Wildman–Crippen LogP) is -0.773. The molecule has 0 heterocycles. The van der Waals surface area contributed by atoms with Crippen LogP contribution in [0, 0.1) is 0 Å². The van der Waals surface area contributed by atoms with E-state index in [1.165, 1.54) is 4.90 Å². The molecule has 0 saturated heterocycles. The lowest BCUT2D eigenvalue weighted by Crippen LogP contribution is -2.35. The van der Waals surface area contributed by atoms with Crippen LogP contribution in [0.5, 0.6) is 0 Å². The summed E-state index contributed by atoms with van der Waals surface area (Å²) in [7, 11) is 3.17. The second-order valence-electron chi connectivity index (χ2n) is 2.72. The van der Waals surface area contributed by atoms with Gasteiger partial charge in [-0.15, -0.1) is 0 Å². The normalized spacial score (nSPS) is 9.38. The summed E-state index contributed by atoms with van der Waals surface area (Å²) >= 11 is 0. The van der Waals surface area contributed by atoms with Crippen molar-refractivity contribution in [3.8, 4) is 0 Å². The summed E-state index contributed by atoms with van der Waals surface area (Å²) in [6, 6.07) is 0. The van der Waals surface area contributed by atoms with Gasteiger partial charge in [0, 0.05) is 27.3 Å². The SMILES string of the molecule is COCCCNC(=O)CN(C)C=O. The Labute approximate surface area is 78.0 Å². The zero-order chi connectivity index (χ0) is 10.1. The molecule has 0 bridgehead atoms. The van der Waals surface area contributed by atoms with Crippen LogP contribution in [0.15, 0.2) is 0 Å². The van der Waals surface area contributed by atoms with E-state index in [1.807, 2.05) is 0 Å². The third-order valence-corrected chi connectivity index (χ3v) is 1.42. The molecule has 0 rings (SSSR count). The summed E-state index contributed by atoms with van der Waals surface area (Å²) in [4.78, 5) is 22.4. The highest BCUT2D eigenvalue weighted by molar-refractivity contribution is 5.79. The number of hydrogen-bond donors (Lipinski definition) is 1. The summed E-state index contributed by atoms with van der Waals surface area (Å²) in [5.74, 6) is -0.147. The van der Waals surface area contributed by atoms with Gasteiger partial charge in [0.1, 0.15) is 0 Å². The fraction of sp³-hybridized carbons (Fsp3) is 0.750. The minimum atomic E-state index is -0.147. The summed E-state index contributed by atoms with van der Waals surface area (Å²) in [5.41, 5.74) is 0. The van der Waals surface area contributed by atoms with Gasteiger partial charge in [-0.1, -0.05) is 0 Å². The van der Waals surface area contributed by atoms with Gasteiger partial charge >= 0.3 is 0 Å². The van der Waals surface area contributed by atoms with Crippen LogP contribution in [-0.4, -0.2) is 51.1 Å². The lowest BCUT2D eigenvalue weighted by Gasteiger charge is -2.10. The highest BCUT2D eigenvalue weighted by atomic mass is 16.5. The Hall–Kier alpha value is -1.10. The van der Waals surface area contributed by atoms with Crippen molar-refractivity contribution in [1.82, 2.24) is 10.2 Å². The van der Waals surface area contributed by atoms with Gasteiger partial charge in [0.2, 0.25) is 12.3 Å². The molecule has 13 heavy (non-hydrogen) atoms. The highest BCUT2D eigenvalue weighted by Gasteiger charge is 2.02. The second-order valence-corrected chi connectivity index (χ2v) is 2.72. The predicted molar refractivity (Wildman–Crippen MR) is 48.2 cm³/mol. The molecule has 0 spiro atoms. The molecule has 0 aliphatic carbocycles. The van der Waals surface area contributed by atoms with Gasteiger partial charge in [0.05, 0.1) is 6.54 Å². The van der Waals surface area contributed by atoms with E-state index in [2.05, 4.69) is 5.32 Å². The molecule has 0 aromatic carbocycles. The van der Waals surface area contributed by atoms with Crippen LogP contribution in [0.4, 0.5) is 0 Å². The van der Waals surface area contributed by atoms with Gasteiger partial charge in [-0.3, -0.25) is 9.59 Å². The topological polar surface area (TPSA) is 58.6 Å². The molecule has 0 aliphatic rings. The van der Waals surface area contributed by atoms with Crippen molar-refractivity contribution in [2.45, 2.75) is 6.42 Å². The zero-order valence-electron chi connectivity index (χ0n) is 8.08. The fourth-order valence-electron chi connectivity index (χ4n) is 0.764. The number of carbonyl (C=O) groups excluding carboxylic acids is 2. The Morgan fingerprint density at radius 2 is 2.31 bits per heavy atom. The minimum absolute atomic E-state index is 0.108. The summed E-state index contributed by atoms with van der Waals surface area (Å²) in [6.07, 6.45) is 1.40. The molecule has 0 saturated carbocycles. The van der Waals surface area contributed by atoms with Crippen molar-refractivity contribution in [3.63, 3.8) is 0 Å². The van der Waals surface area contributed by atoms with Gasteiger partial charge in [-0.05, 0) is 6.42 Å². The van der Waals surface area contributed by atoms with Crippen molar-refractivity contribution in [2.75, 3.05) is 33.9 Å². The number of methoxy groups -OCH3 is 1. The number of nitrogens with one attached hydrogen (secondary N) is 1. The Bertz CT molecular complexity index is 161. The number of carbonyl (C=O) groups is 2. The molecule has 5 nitrogen and oxygen atoms in total. The standard InChI is InChI=1S/C8H16N2O3/c1-10(7-11)6-8(12)9-4-3-5-13-2/h7H,3-6H2,1-2H3,(H,9,12). The third-order valence-electron chi connectivity index (χ3n) is 1.42. The largest absolute Gasteiger partial charge is 0.385 e. The van der Waals surface area contributed by atoms with E-state index in [1.54, 1.807) is 14.2 Å². The monoisotopic (exact) mass is 188 g/mol.